The lowest BCUT2D eigenvalue weighted by molar-refractivity contribution is 0.187. The molecule has 1 fully saturated rings. The smallest absolute Gasteiger partial charge is 0.321 e. The first kappa shape index (κ1) is 16.7. The number of hydrogen-bond donors (Lipinski definition) is 1. The molecule has 134 valence electrons. The van der Waals surface area contributed by atoms with Gasteiger partial charge in [-0.1, -0.05) is 0 Å². The number of piperidine rings is 1. The number of nitrogens with one attached hydrogen (secondary N) is 1. The molecule has 0 spiro atoms. The molecule has 6 nitrogen and oxygen atoms in total. The molecule has 3 aromatic rings. The van der Waals surface area contributed by atoms with Crippen LogP contribution in [0.25, 0.3) is 11.5 Å². The van der Waals surface area contributed by atoms with Crippen LogP contribution in [0.2, 0.25) is 0 Å². The SMILES string of the molecule is O=C(Nc1ccc(F)cc1)N1CCCC(c2nnc(-c3ccsc3)o2)C1. The normalized spacial score (nSPS) is 17.3. The van der Waals surface area contributed by atoms with E-state index in [0.29, 0.717) is 30.6 Å². The van der Waals surface area contributed by atoms with Crippen molar-refractivity contribution in [3.05, 3.63) is 52.8 Å². The van der Waals surface area contributed by atoms with Gasteiger partial charge >= 0.3 is 6.03 Å². The van der Waals surface area contributed by atoms with Crippen LogP contribution in [0.5, 0.6) is 0 Å². The minimum Gasteiger partial charge on any atom is -0.420 e. The Morgan fingerprint density at radius 1 is 1.27 bits per heavy atom. The lowest BCUT2D eigenvalue weighted by atomic mass is 9.98. The Hall–Kier alpha value is -2.74. The van der Waals surface area contributed by atoms with E-state index in [4.69, 9.17) is 4.42 Å². The van der Waals surface area contributed by atoms with Gasteiger partial charge in [0.1, 0.15) is 5.82 Å². The summed E-state index contributed by atoms with van der Waals surface area (Å²) in [6, 6.07) is 7.45. The molecule has 8 heteroatoms. The molecule has 1 atom stereocenters. The van der Waals surface area contributed by atoms with Gasteiger partial charge in [-0.3, -0.25) is 0 Å². The van der Waals surface area contributed by atoms with E-state index in [-0.39, 0.29) is 17.8 Å². The highest BCUT2D eigenvalue weighted by Crippen LogP contribution is 2.29. The number of carbonyl (C=O) groups excluding carboxylic acids is 1. The summed E-state index contributed by atoms with van der Waals surface area (Å²) in [6.07, 6.45) is 1.75. The molecule has 0 aliphatic carbocycles. The second kappa shape index (κ2) is 7.25. The van der Waals surface area contributed by atoms with Crippen LogP contribution in [-0.2, 0) is 0 Å². The number of aromatic nitrogens is 2. The monoisotopic (exact) mass is 372 g/mol. The number of benzene rings is 1. The summed E-state index contributed by atoms with van der Waals surface area (Å²) < 4.78 is 18.8. The van der Waals surface area contributed by atoms with E-state index in [9.17, 15) is 9.18 Å². The summed E-state index contributed by atoms with van der Waals surface area (Å²) in [5, 5.41) is 15.0. The molecule has 2 aromatic heterocycles. The summed E-state index contributed by atoms with van der Waals surface area (Å²) >= 11 is 1.57. The summed E-state index contributed by atoms with van der Waals surface area (Å²) in [6.45, 7) is 1.17. The van der Waals surface area contributed by atoms with E-state index in [0.717, 1.165) is 18.4 Å². The molecular weight excluding hydrogens is 355 g/mol. The van der Waals surface area contributed by atoms with E-state index in [1.165, 1.54) is 12.1 Å². The molecule has 0 radical (unpaired) electrons. The fourth-order valence-electron chi connectivity index (χ4n) is 3.00. The lowest BCUT2D eigenvalue weighted by Crippen LogP contribution is -2.41. The maximum absolute atomic E-state index is 13.0. The number of anilines is 1. The van der Waals surface area contributed by atoms with Crippen LogP contribution in [0, 0.1) is 5.82 Å². The zero-order chi connectivity index (χ0) is 17.9. The molecule has 1 N–H and O–H groups in total. The number of nitrogens with zero attached hydrogens (tertiary/aromatic N) is 3. The van der Waals surface area contributed by atoms with Gasteiger partial charge in [-0.25, -0.2) is 9.18 Å². The second-order valence-electron chi connectivity index (χ2n) is 6.18. The Labute approximate surface area is 153 Å². The van der Waals surface area contributed by atoms with Crippen LogP contribution in [0.3, 0.4) is 0 Å². The van der Waals surface area contributed by atoms with Crippen molar-refractivity contribution in [2.24, 2.45) is 0 Å². The minimum absolute atomic E-state index is 0.0163. The number of hydrogen-bond acceptors (Lipinski definition) is 5. The topological polar surface area (TPSA) is 71.3 Å². The summed E-state index contributed by atoms with van der Waals surface area (Å²) in [5.74, 6) is 0.751. The molecule has 4 rings (SSSR count). The van der Waals surface area contributed by atoms with Gasteiger partial charge in [0.25, 0.3) is 0 Å². The van der Waals surface area contributed by atoms with Gasteiger partial charge in [0.2, 0.25) is 11.8 Å². The highest BCUT2D eigenvalue weighted by atomic mass is 32.1. The predicted molar refractivity (Wildman–Crippen MR) is 96.6 cm³/mol. The fraction of sp³-hybridized carbons (Fsp3) is 0.278. The number of urea groups is 1. The molecular formula is C18H17FN4O2S. The standard InChI is InChI=1S/C18H17FN4O2S/c19-14-3-5-15(6-4-14)20-18(24)23-8-1-2-12(10-23)16-21-22-17(25-16)13-7-9-26-11-13/h3-7,9,11-12H,1-2,8,10H2,(H,20,24). The third kappa shape index (κ3) is 3.60. The average Bonchev–Trinajstić information content (AvgIpc) is 3.35. The maximum Gasteiger partial charge on any atom is 0.321 e. The van der Waals surface area contributed by atoms with Gasteiger partial charge in [0, 0.05) is 29.7 Å². The van der Waals surface area contributed by atoms with E-state index in [2.05, 4.69) is 15.5 Å². The molecule has 0 saturated carbocycles. The number of rotatable bonds is 3. The van der Waals surface area contributed by atoms with Crippen molar-refractivity contribution in [2.75, 3.05) is 18.4 Å². The molecule has 1 saturated heterocycles. The number of halogens is 1. The molecule has 26 heavy (non-hydrogen) atoms. The average molecular weight is 372 g/mol. The summed E-state index contributed by atoms with van der Waals surface area (Å²) in [4.78, 5) is 14.2. The predicted octanol–water partition coefficient (Wildman–Crippen LogP) is 4.35. The van der Waals surface area contributed by atoms with Gasteiger partial charge in [0.15, 0.2) is 0 Å². The van der Waals surface area contributed by atoms with Crippen molar-refractivity contribution in [2.45, 2.75) is 18.8 Å². The maximum atomic E-state index is 13.0. The van der Waals surface area contributed by atoms with Gasteiger partial charge < -0.3 is 14.6 Å². The van der Waals surface area contributed by atoms with Crippen molar-refractivity contribution in [3.63, 3.8) is 0 Å². The zero-order valence-corrected chi connectivity index (χ0v) is 14.7. The van der Waals surface area contributed by atoms with E-state index in [1.54, 1.807) is 28.4 Å². The Bertz CT molecular complexity index is 879. The first-order chi connectivity index (χ1) is 12.7. The van der Waals surface area contributed by atoms with Crippen LogP contribution in [0.15, 0.2) is 45.5 Å². The van der Waals surface area contributed by atoms with Crippen molar-refractivity contribution < 1.29 is 13.6 Å². The van der Waals surface area contributed by atoms with Crippen LogP contribution in [-0.4, -0.2) is 34.2 Å². The van der Waals surface area contributed by atoms with E-state index < -0.39 is 0 Å². The molecule has 2 amide bonds. The fourth-order valence-corrected chi connectivity index (χ4v) is 3.63. The number of thiophene rings is 1. The summed E-state index contributed by atoms with van der Waals surface area (Å²) in [7, 11) is 0. The molecule has 1 aliphatic rings. The van der Waals surface area contributed by atoms with Crippen molar-refractivity contribution in [3.8, 4) is 11.5 Å². The van der Waals surface area contributed by atoms with Crippen molar-refractivity contribution >= 4 is 23.1 Å². The Morgan fingerprint density at radius 2 is 2.12 bits per heavy atom. The summed E-state index contributed by atoms with van der Waals surface area (Å²) in [5.41, 5.74) is 1.48. The first-order valence-corrected chi connectivity index (χ1v) is 9.31. The highest BCUT2D eigenvalue weighted by Gasteiger charge is 2.28. The Kier molecular flexibility index (Phi) is 4.66. The number of amides is 2. The largest absolute Gasteiger partial charge is 0.420 e. The molecule has 1 unspecified atom stereocenters. The third-order valence-corrected chi connectivity index (χ3v) is 5.05. The lowest BCUT2D eigenvalue weighted by Gasteiger charge is -2.31. The minimum atomic E-state index is -0.334. The zero-order valence-electron chi connectivity index (χ0n) is 13.9. The Balaban J connectivity index is 1.42. The molecule has 0 bridgehead atoms. The van der Waals surface area contributed by atoms with Gasteiger partial charge in [-0.2, -0.15) is 11.3 Å². The van der Waals surface area contributed by atoms with Crippen molar-refractivity contribution in [1.29, 1.82) is 0 Å². The van der Waals surface area contributed by atoms with E-state index in [1.807, 2.05) is 16.8 Å². The van der Waals surface area contributed by atoms with Crippen LogP contribution in [0.4, 0.5) is 14.9 Å². The molecule has 3 heterocycles. The van der Waals surface area contributed by atoms with Gasteiger partial charge in [-0.15, -0.1) is 10.2 Å². The first-order valence-electron chi connectivity index (χ1n) is 8.36. The van der Waals surface area contributed by atoms with E-state index >= 15 is 0 Å². The molecule has 1 aromatic carbocycles. The molecule has 1 aliphatic heterocycles. The van der Waals surface area contributed by atoms with Crippen LogP contribution in [0.1, 0.15) is 24.7 Å². The van der Waals surface area contributed by atoms with Crippen LogP contribution >= 0.6 is 11.3 Å². The number of likely N-dealkylation sites (tertiary alicyclic amines) is 1. The van der Waals surface area contributed by atoms with Crippen LogP contribution < -0.4 is 5.32 Å². The van der Waals surface area contributed by atoms with Gasteiger partial charge in [0.05, 0.1) is 5.92 Å². The number of carbonyl (C=O) groups is 1. The second-order valence-corrected chi connectivity index (χ2v) is 6.96. The Morgan fingerprint density at radius 3 is 2.88 bits per heavy atom. The van der Waals surface area contributed by atoms with Gasteiger partial charge in [-0.05, 0) is 48.6 Å². The quantitative estimate of drug-likeness (QED) is 0.742. The van der Waals surface area contributed by atoms with Crippen molar-refractivity contribution in [1.82, 2.24) is 15.1 Å². The third-order valence-electron chi connectivity index (χ3n) is 4.36. The highest BCUT2D eigenvalue weighted by molar-refractivity contribution is 7.08.